The van der Waals surface area contributed by atoms with Crippen molar-refractivity contribution in [1.82, 2.24) is 5.32 Å². The number of halogens is 1. The van der Waals surface area contributed by atoms with E-state index in [9.17, 15) is 9.59 Å². The first-order valence-electron chi connectivity index (χ1n) is 8.01. The molecule has 26 heavy (non-hydrogen) atoms. The Hall–Kier alpha value is -3.05. The second-order valence-corrected chi connectivity index (χ2v) is 6.15. The zero-order valence-corrected chi connectivity index (χ0v) is 14.8. The average Bonchev–Trinajstić information content (AvgIpc) is 3.18. The molecule has 0 unspecified atom stereocenters. The Kier molecular flexibility index (Phi) is 5.39. The highest BCUT2D eigenvalue weighted by Crippen LogP contribution is 2.22. The molecule has 1 atom stereocenters. The minimum Gasteiger partial charge on any atom is -0.459 e. The molecule has 3 rings (SSSR count). The highest BCUT2D eigenvalue weighted by atomic mass is 35.5. The molecule has 0 fully saturated rings. The number of nitrogens with one attached hydrogen (secondary N) is 2. The molecule has 1 heterocycles. The smallest absolute Gasteiger partial charge is 0.288 e. The van der Waals surface area contributed by atoms with Crippen molar-refractivity contribution in [1.29, 1.82) is 0 Å². The maximum atomic E-state index is 12.9. The van der Waals surface area contributed by atoms with Crippen molar-refractivity contribution in [2.24, 2.45) is 0 Å². The Balaban J connectivity index is 1.87. The van der Waals surface area contributed by atoms with Crippen LogP contribution in [0.4, 0.5) is 5.69 Å². The lowest BCUT2D eigenvalue weighted by Gasteiger charge is -2.20. The SMILES string of the molecule is Cc1ccc(C(=O)[C@@H](NC(=O)c2ccco2)Nc2ccccc2Cl)cc1. The fourth-order valence-electron chi connectivity index (χ4n) is 2.40. The molecule has 1 amide bonds. The van der Waals surface area contributed by atoms with E-state index in [1.165, 1.54) is 12.3 Å². The van der Waals surface area contributed by atoms with E-state index in [-0.39, 0.29) is 11.5 Å². The topological polar surface area (TPSA) is 71.3 Å². The molecule has 1 aromatic heterocycles. The Morgan fingerprint density at radius 3 is 2.38 bits per heavy atom. The van der Waals surface area contributed by atoms with E-state index in [1.807, 2.05) is 19.1 Å². The van der Waals surface area contributed by atoms with Crippen LogP contribution in [0.25, 0.3) is 0 Å². The molecule has 0 bridgehead atoms. The van der Waals surface area contributed by atoms with Gasteiger partial charge in [0.2, 0.25) is 5.78 Å². The van der Waals surface area contributed by atoms with Crippen LogP contribution in [0.2, 0.25) is 5.02 Å². The molecule has 0 aliphatic carbocycles. The monoisotopic (exact) mass is 368 g/mol. The van der Waals surface area contributed by atoms with E-state index < -0.39 is 12.1 Å². The lowest BCUT2D eigenvalue weighted by atomic mass is 10.1. The number of benzene rings is 2. The van der Waals surface area contributed by atoms with Gasteiger partial charge in [0.05, 0.1) is 17.0 Å². The Morgan fingerprint density at radius 2 is 1.73 bits per heavy atom. The molecular formula is C20H17ClN2O3. The molecule has 2 N–H and O–H groups in total. The van der Waals surface area contributed by atoms with Crippen molar-refractivity contribution in [2.45, 2.75) is 13.1 Å². The van der Waals surface area contributed by atoms with Crippen LogP contribution in [0.1, 0.15) is 26.5 Å². The van der Waals surface area contributed by atoms with Crippen LogP contribution < -0.4 is 10.6 Å². The van der Waals surface area contributed by atoms with Gasteiger partial charge in [0.25, 0.3) is 5.91 Å². The van der Waals surface area contributed by atoms with Crippen molar-refractivity contribution >= 4 is 29.0 Å². The number of ketones is 1. The summed E-state index contributed by atoms with van der Waals surface area (Å²) in [5.41, 5.74) is 2.05. The minimum absolute atomic E-state index is 0.118. The number of Topliss-reactive ketones (excluding diaryl/α,β-unsaturated/α-hetero) is 1. The van der Waals surface area contributed by atoms with Crippen LogP contribution >= 0.6 is 11.6 Å². The van der Waals surface area contributed by atoms with Gasteiger partial charge in [-0.3, -0.25) is 9.59 Å². The number of anilines is 1. The van der Waals surface area contributed by atoms with Gasteiger partial charge < -0.3 is 15.1 Å². The first kappa shape index (κ1) is 17.8. The largest absolute Gasteiger partial charge is 0.459 e. The van der Waals surface area contributed by atoms with Crippen molar-refractivity contribution in [3.63, 3.8) is 0 Å². The highest BCUT2D eigenvalue weighted by Gasteiger charge is 2.24. The normalized spacial score (nSPS) is 11.6. The molecule has 0 spiro atoms. The van der Waals surface area contributed by atoms with Crippen LogP contribution in [0.3, 0.4) is 0 Å². The summed E-state index contributed by atoms with van der Waals surface area (Å²) in [5.74, 6) is -0.669. The number of rotatable bonds is 6. The molecule has 6 heteroatoms. The maximum absolute atomic E-state index is 12.9. The summed E-state index contributed by atoms with van der Waals surface area (Å²) >= 11 is 6.17. The van der Waals surface area contributed by atoms with E-state index >= 15 is 0 Å². The summed E-state index contributed by atoms with van der Waals surface area (Å²) in [6.07, 6.45) is 0.392. The van der Waals surface area contributed by atoms with Gasteiger partial charge in [0.1, 0.15) is 0 Å². The predicted octanol–water partition coefficient (Wildman–Crippen LogP) is 4.29. The predicted molar refractivity (Wildman–Crippen MR) is 101 cm³/mol. The van der Waals surface area contributed by atoms with Crippen LogP contribution in [0.5, 0.6) is 0 Å². The molecule has 0 saturated heterocycles. The van der Waals surface area contributed by atoms with Crippen molar-refractivity contribution in [3.8, 4) is 0 Å². The molecule has 5 nitrogen and oxygen atoms in total. The van der Waals surface area contributed by atoms with E-state index in [0.29, 0.717) is 16.3 Å². The number of amides is 1. The van der Waals surface area contributed by atoms with Gasteiger partial charge in [-0.1, -0.05) is 53.6 Å². The molecule has 2 aromatic carbocycles. The second-order valence-electron chi connectivity index (χ2n) is 5.74. The number of hydrogen-bond acceptors (Lipinski definition) is 4. The number of carbonyl (C=O) groups excluding carboxylic acids is 2. The number of carbonyl (C=O) groups is 2. The maximum Gasteiger partial charge on any atom is 0.288 e. The summed E-state index contributed by atoms with van der Waals surface area (Å²) in [7, 11) is 0. The lowest BCUT2D eigenvalue weighted by Crippen LogP contribution is -2.46. The molecule has 0 aliphatic heterocycles. The standard InChI is InChI=1S/C20H17ClN2O3/c1-13-8-10-14(11-9-13)18(24)19(22-16-6-3-2-5-15(16)21)23-20(25)17-7-4-12-26-17/h2-12,19,22H,1H3,(H,23,25)/t19-/m1/s1. The number of aryl methyl sites for hydroxylation is 1. The summed E-state index contributed by atoms with van der Waals surface area (Å²) in [5, 5.41) is 6.10. The van der Waals surface area contributed by atoms with E-state index in [1.54, 1.807) is 42.5 Å². The number of hydrogen-bond donors (Lipinski definition) is 2. The van der Waals surface area contributed by atoms with Gasteiger partial charge in [-0.05, 0) is 31.2 Å². The summed E-state index contributed by atoms with van der Waals surface area (Å²) in [6, 6.07) is 17.3. The summed E-state index contributed by atoms with van der Waals surface area (Å²) in [4.78, 5) is 25.3. The lowest BCUT2D eigenvalue weighted by molar-refractivity contribution is 0.0853. The molecule has 132 valence electrons. The molecule has 3 aromatic rings. The quantitative estimate of drug-likeness (QED) is 0.503. The van der Waals surface area contributed by atoms with Crippen LogP contribution in [0, 0.1) is 6.92 Å². The van der Waals surface area contributed by atoms with Gasteiger partial charge in [-0.15, -0.1) is 0 Å². The summed E-state index contributed by atoms with van der Waals surface area (Å²) < 4.78 is 5.09. The van der Waals surface area contributed by atoms with Gasteiger partial charge in [-0.2, -0.15) is 0 Å². The van der Waals surface area contributed by atoms with E-state index in [0.717, 1.165) is 5.56 Å². The van der Waals surface area contributed by atoms with Gasteiger partial charge >= 0.3 is 0 Å². The van der Waals surface area contributed by atoms with Crippen molar-refractivity contribution in [3.05, 3.63) is 88.8 Å². The fourth-order valence-corrected chi connectivity index (χ4v) is 2.59. The molecule has 0 aliphatic rings. The third kappa shape index (κ3) is 4.13. The minimum atomic E-state index is -1.00. The van der Waals surface area contributed by atoms with Crippen molar-refractivity contribution < 1.29 is 14.0 Å². The average molecular weight is 369 g/mol. The first-order chi connectivity index (χ1) is 12.5. The van der Waals surface area contributed by atoms with Crippen molar-refractivity contribution in [2.75, 3.05) is 5.32 Å². The fraction of sp³-hybridized carbons (Fsp3) is 0.100. The van der Waals surface area contributed by atoms with E-state index in [4.69, 9.17) is 16.0 Å². The second kappa shape index (κ2) is 7.89. The van der Waals surface area contributed by atoms with Crippen LogP contribution in [-0.2, 0) is 0 Å². The third-order valence-electron chi connectivity index (χ3n) is 3.79. The van der Waals surface area contributed by atoms with Gasteiger partial charge in [0, 0.05) is 5.56 Å². The molecular weight excluding hydrogens is 352 g/mol. The van der Waals surface area contributed by atoms with E-state index in [2.05, 4.69) is 10.6 Å². The molecule has 0 saturated carbocycles. The van der Waals surface area contributed by atoms with Gasteiger partial charge in [-0.25, -0.2) is 0 Å². The van der Waals surface area contributed by atoms with Crippen LogP contribution in [0.15, 0.2) is 71.3 Å². The highest BCUT2D eigenvalue weighted by molar-refractivity contribution is 6.33. The first-order valence-corrected chi connectivity index (χ1v) is 8.39. The zero-order valence-electron chi connectivity index (χ0n) is 14.0. The van der Waals surface area contributed by atoms with Crippen LogP contribution in [-0.4, -0.2) is 17.9 Å². The molecule has 0 radical (unpaired) electrons. The Labute approximate surface area is 156 Å². The number of para-hydroxylation sites is 1. The zero-order chi connectivity index (χ0) is 18.5. The summed E-state index contributed by atoms with van der Waals surface area (Å²) in [6.45, 7) is 1.94. The van der Waals surface area contributed by atoms with Gasteiger partial charge in [0.15, 0.2) is 11.9 Å². The number of furan rings is 1. The Bertz CT molecular complexity index is 905. The third-order valence-corrected chi connectivity index (χ3v) is 4.12. The Morgan fingerprint density at radius 1 is 1.00 bits per heavy atom.